The fraction of sp³-hybridized carbons (Fsp3) is 0.355. The van der Waals surface area contributed by atoms with Crippen LogP contribution in [0.2, 0.25) is 0 Å². The lowest BCUT2D eigenvalue weighted by Crippen LogP contribution is -2.54. The molecule has 1 amide bonds. The summed E-state index contributed by atoms with van der Waals surface area (Å²) in [5, 5.41) is 19.0. The number of anilines is 1. The Kier molecular flexibility index (Phi) is 9.31. The van der Waals surface area contributed by atoms with Crippen LogP contribution in [0.1, 0.15) is 41.5 Å². The van der Waals surface area contributed by atoms with Crippen LogP contribution in [-0.4, -0.2) is 53.1 Å². The first-order chi connectivity index (χ1) is 20.5. The highest BCUT2D eigenvalue weighted by atomic mass is 19.4. The van der Waals surface area contributed by atoms with Crippen LogP contribution in [0, 0.1) is 0 Å². The minimum atomic E-state index is -6.06. The van der Waals surface area contributed by atoms with Crippen LogP contribution in [0.15, 0.2) is 72.8 Å². The second-order valence-corrected chi connectivity index (χ2v) is 10.7. The number of benzene rings is 3. The molecule has 1 aliphatic heterocycles. The zero-order chi connectivity index (χ0) is 32.4. The molecule has 0 spiro atoms. The number of amides is 1. The number of carboxylic acids is 1. The number of halogens is 6. The zero-order valence-corrected chi connectivity index (χ0v) is 23.4. The molecule has 0 bridgehead atoms. The molecule has 0 radical (unpaired) electrons. The highest BCUT2D eigenvalue weighted by Crippen LogP contribution is 2.51. The lowest BCUT2D eigenvalue weighted by molar-refractivity contribution is -0.376. The number of carboxylic acid groups (broad SMARTS) is 1. The molecule has 0 aliphatic carbocycles. The summed E-state index contributed by atoms with van der Waals surface area (Å²) in [6, 6.07) is 16.1. The molecule has 0 saturated carbocycles. The van der Waals surface area contributed by atoms with Crippen molar-refractivity contribution in [2.24, 2.45) is 5.73 Å². The summed E-state index contributed by atoms with van der Waals surface area (Å²) in [5.74, 6) is -1.99. The van der Waals surface area contributed by atoms with Gasteiger partial charge in [0.05, 0.1) is 12.5 Å². The van der Waals surface area contributed by atoms with Gasteiger partial charge in [0.1, 0.15) is 17.9 Å². The summed E-state index contributed by atoms with van der Waals surface area (Å²) < 4.78 is 88.0. The van der Waals surface area contributed by atoms with Gasteiger partial charge in [0, 0.05) is 11.3 Å². The van der Waals surface area contributed by atoms with Crippen LogP contribution >= 0.6 is 0 Å². The minimum Gasteiger partial charge on any atom is -0.489 e. The molecule has 4 N–H and O–H groups in total. The van der Waals surface area contributed by atoms with E-state index >= 15 is 0 Å². The number of aliphatic hydroxyl groups is 1. The Hall–Kier alpha value is -4.10. The third kappa shape index (κ3) is 6.68. The average Bonchev–Trinajstić information content (AvgIpc) is 3.15. The Labute approximate surface area is 248 Å². The van der Waals surface area contributed by atoms with Crippen molar-refractivity contribution >= 4 is 17.6 Å². The van der Waals surface area contributed by atoms with E-state index in [-0.39, 0.29) is 37.1 Å². The number of rotatable bonds is 8. The number of carbonyl (C=O) groups excluding carboxylic acids is 1. The molecule has 0 saturated heterocycles. The maximum absolute atomic E-state index is 13.8. The summed E-state index contributed by atoms with van der Waals surface area (Å²) in [6.07, 6.45) is -12.7. The van der Waals surface area contributed by atoms with Crippen molar-refractivity contribution in [2.75, 3.05) is 11.4 Å². The van der Waals surface area contributed by atoms with Gasteiger partial charge in [-0.25, -0.2) is 0 Å². The topological polar surface area (TPSA) is 113 Å². The lowest BCUT2D eigenvalue weighted by atomic mass is 9.89. The van der Waals surface area contributed by atoms with Gasteiger partial charge in [-0.05, 0) is 61.1 Å². The molecule has 3 aromatic carbocycles. The van der Waals surface area contributed by atoms with Gasteiger partial charge >= 0.3 is 18.3 Å². The Balaban J connectivity index is 1.69. The smallest absolute Gasteiger partial charge is 0.430 e. The first-order valence-corrected chi connectivity index (χ1v) is 13.6. The summed E-state index contributed by atoms with van der Waals surface area (Å²) in [7, 11) is 0. The number of hydrogen-bond donors (Lipinski definition) is 3. The molecule has 3 aromatic rings. The van der Waals surface area contributed by atoms with Gasteiger partial charge in [-0.15, -0.1) is 0 Å². The molecule has 1 aliphatic rings. The quantitative estimate of drug-likeness (QED) is 0.286. The molecule has 0 fully saturated rings. The Bertz CT molecular complexity index is 1460. The normalized spacial score (nSPS) is 17.3. The van der Waals surface area contributed by atoms with Crippen LogP contribution in [-0.2, 0) is 28.0 Å². The van der Waals surface area contributed by atoms with Gasteiger partial charge in [-0.1, -0.05) is 54.6 Å². The third-order valence-corrected chi connectivity index (χ3v) is 7.67. The van der Waals surface area contributed by atoms with Crippen molar-refractivity contribution in [2.45, 2.75) is 62.2 Å². The summed E-state index contributed by atoms with van der Waals surface area (Å²) in [6.45, 7) is 1.57. The third-order valence-electron chi connectivity index (χ3n) is 7.67. The predicted octanol–water partition coefficient (Wildman–Crippen LogP) is 5.48. The molecule has 7 nitrogen and oxygen atoms in total. The predicted molar refractivity (Wildman–Crippen MR) is 148 cm³/mol. The number of aliphatic carboxylic acids is 1. The minimum absolute atomic E-state index is 0.00661. The van der Waals surface area contributed by atoms with E-state index in [2.05, 4.69) is 0 Å². The Morgan fingerprint density at radius 2 is 1.59 bits per heavy atom. The fourth-order valence-corrected chi connectivity index (χ4v) is 5.13. The van der Waals surface area contributed by atoms with Gasteiger partial charge in [0.2, 0.25) is 5.91 Å². The lowest BCUT2D eigenvalue weighted by Gasteiger charge is -2.34. The molecule has 4 rings (SSSR count). The number of hydrogen-bond acceptors (Lipinski definition) is 5. The maximum Gasteiger partial charge on any atom is 0.430 e. The van der Waals surface area contributed by atoms with Crippen molar-refractivity contribution in [3.8, 4) is 5.75 Å². The van der Waals surface area contributed by atoms with Gasteiger partial charge in [0.15, 0.2) is 0 Å². The van der Waals surface area contributed by atoms with Crippen molar-refractivity contribution in [3.05, 3.63) is 95.1 Å². The molecule has 0 aromatic heterocycles. The number of ether oxygens (including phenoxy) is 1. The number of nitrogens with zero attached hydrogens (tertiary/aromatic N) is 1. The fourth-order valence-electron chi connectivity index (χ4n) is 5.13. The number of carbonyl (C=O) groups is 2. The molecule has 44 heavy (non-hydrogen) atoms. The highest BCUT2D eigenvalue weighted by molar-refractivity contribution is 5.98. The van der Waals surface area contributed by atoms with Crippen molar-refractivity contribution in [3.63, 3.8) is 0 Å². The first kappa shape index (κ1) is 32.8. The molecule has 236 valence electrons. The van der Waals surface area contributed by atoms with Crippen LogP contribution in [0.4, 0.5) is 32.0 Å². The standard InChI is InChI=1S/C31H30F6N2O5/c1-18(20-5-3-2-4-6-20)27(40)39-17-24(44-23-11-7-19(8-12-23)15-25(38)28(41)42)13-9-21-16-22(10-14-26(21)39)29(43,30(32,33)34)31(35,36)37/h2-8,10-12,14,16,18,24-25,43H,9,13,15,17,38H2,1H3,(H,41,42)/t18-,24-,25+/m0/s1. The van der Waals surface area contributed by atoms with E-state index in [0.717, 1.165) is 6.07 Å². The molecular weight excluding hydrogens is 594 g/mol. The zero-order valence-electron chi connectivity index (χ0n) is 23.4. The van der Waals surface area contributed by atoms with Crippen LogP contribution < -0.4 is 15.4 Å². The van der Waals surface area contributed by atoms with E-state index in [1.54, 1.807) is 61.5 Å². The van der Waals surface area contributed by atoms with Crippen LogP contribution in [0.3, 0.4) is 0 Å². The largest absolute Gasteiger partial charge is 0.489 e. The van der Waals surface area contributed by atoms with Crippen molar-refractivity contribution in [1.82, 2.24) is 0 Å². The maximum atomic E-state index is 13.8. The Morgan fingerprint density at radius 3 is 2.16 bits per heavy atom. The van der Waals surface area contributed by atoms with Crippen LogP contribution in [0.5, 0.6) is 5.75 Å². The SMILES string of the molecule is C[C@H](C(=O)N1C[C@@H](Oc2ccc(C[C@@H](N)C(=O)O)cc2)CCc2cc(C(O)(C(F)(F)F)C(F)(F)F)ccc21)c1ccccc1. The molecule has 1 heterocycles. The monoisotopic (exact) mass is 624 g/mol. The molecule has 13 heteroatoms. The van der Waals surface area contributed by atoms with Crippen LogP contribution in [0.25, 0.3) is 0 Å². The van der Waals surface area contributed by atoms with Gasteiger partial charge in [0.25, 0.3) is 5.60 Å². The summed E-state index contributed by atoms with van der Waals surface area (Å²) in [4.78, 5) is 26.2. The van der Waals surface area contributed by atoms with E-state index < -0.39 is 53.5 Å². The number of alkyl halides is 6. The average molecular weight is 625 g/mol. The van der Waals surface area contributed by atoms with Crippen molar-refractivity contribution < 1.29 is 50.9 Å². The number of aryl methyl sites for hydroxylation is 1. The molecular formula is C31H30F6N2O5. The molecule has 3 atom stereocenters. The number of fused-ring (bicyclic) bond motifs is 1. The summed E-state index contributed by atoms with van der Waals surface area (Å²) >= 11 is 0. The highest BCUT2D eigenvalue weighted by Gasteiger charge is 2.71. The second-order valence-electron chi connectivity index (χ2n) is 10.7. The number of nitrogens with two attached hydrogens (primary N) is 1. The molecule has 0 unspecified atom stereocenters. The van der Waals surface area contributed by atoms with Gasteiger partial charge in [-0.3, -0.25) is 9.59 Å². The van der Waals surface area contributed by atoms with Gasteiger partial charge in [-0.2, -0.15) is 26.3 Å². The van der Waals surface area contributed by atoms with Gasteiger partial charge < -0.3 is 25.6 Å². The van der Waals surface area contributed by atoms with Crippen molar-refractivity contribution in [1.29, 1.82) is 0 Å². The van der Waals surface area contributed by atoms with E-state index in [1.165, 1.54) is 4.90 Å². The van der Waals surface area contributed by atoms with E-state index in [4.69, 9.17) is 15.6 Å². The van der Waals surface area contributed by atoms with E-state index in [1.807, 2.05) is 0 Å². The second kappa shape index (κ2) is 12.5. The van der Waals surface area contributed by atoms with E-state index in [9.17, 15) is 41.0 Å². The summed E-state index contributed by atoms with van der Waals surface area (Å²) in [5.41, 5.74) is 0.449. The Morgan fingerprint density at radius 1 is 0.977 bits per heavy atom. The first-order valence-electron chi connectivity index (χ1n) is 13.6. The van der Waals surface area contributed by atoms with E-state index in [0.29, 0.717) is 29.0 Å².